The maximum atomic E-state index is 13.9. The van der Waals surface area contributed by atoms with Crippen LogP contribution < -0.4 is 9.47 Å². The summed E-state index contributed by atoms with van der Waals surface area (Å²) in [5.41, 5.74) is 4.04. The van der Waals surface area contributed by atoms with E-state index in [1.54, 1.807) is 26.4 Å². The Labute approximate surface area is 184 Å². The van der Waals surface area contributed by atoms with Gasteiger partial charge in [0.15, 0.2) is 9.84 Å². The molecule has 4 nitrogen and oxygen atoms in total. The number of benzene rings is 3. The molecule has 0 aliphatic heterocycles. The van der Waals surface area contributed by atoms with Crippen LogP contribution in [0.1, 0.15) is 47.4 Å². The Bertz CT molecular complexity index is 1170. The van der Waals surface area contributed by atoms with Gasteiger partial charge in [0.2, 0.25) is 0 Å². The Balaban J connectivity index is 1.96. The van der Waals surface area contributed by atoms with Gasteiger partial charge >= 0.3 is 0 Å². The molecule has 3 aromatic carbocycles. The molecule has 0 saturated heterocycles. The second-order valence-corrected chi connectivity index (χ2v) is 10.4. The van der Waals surface area contributed by atoms with Gasteiger partial charge in [-0.3, -0.25) is 0 Å². The van der Waals surface area contributed by atoms with E-state index in [1.807, 2.05) is 61.5 Å². The molecule has 0 amide bonds. The number of hydrogen-bond donors (Lipinski definition) is 0. The number of ether oxygens (including phenoxy) is 2. The van der Waals surface area contributed by atoms with Gasteiger partial charge < -0.3 is 9.47 Å². The molecule has 0 N–H and O–H groups in total. The van der Waals surface area contributed by atoms with Crippen LogP contribution in [-0.4, -0.2) is 27.9 Å². The first kappa shape index (κ1) is 21.4. The first-order valence-electron chi connectivity index (χ1n) is 10.5. The first-order valence-corrected chi connectivity index (χ1v) is 12.0. The van der Waals surface area contributed by atoms with Gasteiger partial charge in [-0.15, -0.1) is 0 Å². The fraction of sp³-hybridized carbons (Fsp3) is 0.308. The molecular weight excluding hydrogens is 408 g/mol. The number of hydrogen-bond acceptors (Lipinski definition) is 4. The quantitative estimate of drug-likeness (QED) is 0.530. The minimum atomic E-state index is -3.57. The van der Waals surface area contributed by atoms with Crippen molar-refractivity contribution in [2.45, 2.75) is 42.2 Å². The predicted molar refractivity (Wildman–Crippen MR) is 123 cm³/mol. The summed E-state index contributed by atoms with van der Waals surface area (Å²) in [6.07, 6.45) is 0.519. The van der Waals surface area contributed by atoms with Crippen LogP contribution in [0.3, 0.4) is 0 Å². The molecule has 0 spiro atoms. The lowest BCUT2D eigenvalue weighted by Gasteiger charge is -2.38. The van der Waals surface area contributed by atoms with E-state index in [0.29, 0.717) is 17.1 Å². The SMILES string of the molecule is COc1cc(OC)c2c(c1)[C@H](c1ccccc1)[C@@H](S(=O)(=O)c1ccc(C)cc1)C[C@H]2C. The van der Waals surface area contributed by atoms with Crippen molar-refractivity contribution in [1.82, 2.24) is 0 Å². The van der Waals surface area contributed by atoms with E-state index in [4.69, 9.17) is 9.47 Å². The summed E-state index contributed by atoms with van der Waals surface area (Å²) in [7, 11) is -0.309. The molecule has 0 saturated carbocycles. The highest BCUT2D eigenvalue weighted by Gasteiger charge is 2.43. The van der Waals surface area contributed by atoms with Gasteiger partial charge in [0.05, 0.1) is 24.4 Å². The highest BCUT2D eigenvalue weighted by Crippen LogP contribution is 2.50. The zero-order valence-corrected chi connectivity index (χ0v) is 19.1. The second kappa shape index (κ2) is 8.39. The van der Waals surface area contributed by atoms with Crippen LogP contribution in [-0.2, 0) is 9.84 Å². The van der Waals surface area contributed by atoms with Crippen molar-refractivity contribution in [1.29, 1.82) is 0 Å². The van der Waals surface area contributed by atoms with E-state index in [-0.39, 0.29) is 11.8 Å². The van der Waals surface area contributed by atoms with Crippen molar-refractivity contribution in [2.75, 3.05) is 14.2 Å². The smallest absolute Gasteiger partial charge is 0.182 e. The highest BCUT2D eigenvalue weighted by atomic mass is 32.2. The van der Waals surface area contributed by atoms with Gasteiger partial charge in [0.1, 0.15) is 11.5 Å². The van der Waals surface area contributed by atoms with Crippen molar-refractivity contribution >= 4 is 9.84 Å². The first-order chi connectivity index (χ1) is 14.9. The van der Waals surface area contributed by atoms with Gasteiger partial charge in [0.25, 0.3) is 0 Å². The van der Waals surface area contributed by atoms with Gasteiger partial charge in [-0.25, -0.2) is 8.42 Å². The minimum absolute atomic E-state index is 0.0287. The van der Waals surface area contributed by atoms with Crippen LogP contribution in [0.2, 0.25) is 0 Å². The summed E-state index contributed by atoms with van der Waals surface area (Å²) >= 11 is 0. The van der Waals surface area contributed by atoms with Crippen LogP contribution in [0.15, 0.2) is 71.6 Å². The monoisotopic (exact) mass is 436 g/mol. The Kier molecular flexibility index (Phi) is 5.80. The normalized spacial score (nSPS) is 20.7. The average molecular weight is 437 g/mol. The van der Waals surface area contributed by atoms with Gasteiger partial charge in [-0.2, -0.15) is 0 Å². The molecular formula is C26H28O4S. The lowest BCUT2D eigenvalue weighted by atomic mass is 9.73. The molecule has 3 aromatic rings. The predicted octanol–water partition coefficient (Wildman–Crippen LogP) is 5.49. The lowest BCUT2D eigenvalue weighted by Crippen LogP contribution is -2.35. The largest absolute Gasteiger partial charge is 0.497 e. The van der Waals surface area contributed by atoms with Gasteiger partial charge in [-0.05, 0) is 48.6 Å². The summed E-state index contributed by atoms with van der Waals surface area (Å²) < 4.78 is 39.0. The summed E-state index contributed by atoms with van der Waals surface area (Å²) in [5.74, 6) is 1.12. The maximum Gasteiger partial charge on any atom is 0.182 e. The molecule has 0 bridgehead atoms. The molecule has 162 valence electrons. The highest BCUT2D eigenvalue weighted by molar-refractivity contribution is 7.92. The number of aryl methyl sites for hydroxylation is 1. The van der Waals surface area contributed by atoms with Crippen LogP contribution >= 0.6 is 0 Å². The Hall–Kier alpha value is -2.79. The van der Waals surface area contributed by atoms with Crippen LogP contribution in [0.5, 0.6) is 11.5 Å². The molecule has 0 fully saturated rings. The number of rotatable bonds is 5. The Morgan fingerprint density at radius 2 is 1.58 bits per heavy atom. The van der Waals surface area contributed by atoms with Crippen molar-refractivity contribution in [3.05, 3.63) is 89.0 Å². The maximum absolute atomic E-state index is 13.9. The third kappa shape index (κ3) is 3.83. The second-order valence-electron chi connectivity index (χ2n) is 8.25. The Morgan fingerprint density at radius 3 is 2.19 bits per heavy atom. The van der Waals surface area contributed by atoms with E-state index in [2.05, 4.69) is 6.92 Å². The lowest BCUT2D eigenvalue weighted by molar-refractivity contribution is 0.380. The molecule has 1 aliphatic carbocycles. The zero-order chi connectivity index (χ0) is 22.2. The van der Waals surface area contributed by atoms with E-state index < -0.39 is 15.1 Å². The molecule has 0 aromatic heterocycles. The molecule has 0 heterocycles. The van der Waals surface area contributed by atoms with Crippen LogP contribution in [0.4, 0.5) is 0 Å². The number of sulfone groups is 1. The van der Waals surface area contributed by atoms with E-state index in [1.165, 1.54) is 0 Å². The van der Waals surface area contributed by atoms with Gasteiger partial charge in [-0.1, -0.05) is 55.0 Å². The topological polar surface area (TPSA) is 52.6 Å². The van der Waals surface area contributed by atoms with Crippen molar-refractivity contribution in [2.24, 2.45) is 0 Å². The molecule has 5 heteroatoms. The van der Waals surface area contributed by atoms with E-state index in [0.717, 1.165) is 28.0 Å². The number of methoxy groups -OCH3 is 2. The average Bonchev–Trinajstić information content (AvgIpc) is 2.78. The summed E-state index contributed by atoms with van der Waals surface area (Å²) in [6, 6.07) is 20.9. The van der Waals surface area contributed by atoms with Crippen LogP contribution in [0.25, 0.3) is 0 Å². The molecule has 3 atom stereocenters. The fourth-order valence-electron chi connectivity index (χ4n) is 4.76. The van der Waals surface area contributed by atoms with Crippen molar-refractivity contribution in [3.63, 3.8) is 0 Å². The Morgan fingerprint density at radius 1 is 0.903 bits per heavy atom. The summed E-state index contributed by atoms with van der Waals surface area (Å²) in [5, 5.41) is -0.586. The minimum Gasteiger partial charge on any atom is -0.497 e. The van der Waals surface area contributed by atoms with Crippen LogP contribution in [0, 0.1) is 6.92 Å². The van der Waals surface area contributed by atoms with Crippen molar-refractivity contribution in [3.8, 4) is 11.5 Å². The third-order valence-corrected chi connectivity index (χ3v) is 8.49. The molecule has 0 unspecified atom stereocenters. The molecule has 31 heavy (non-hydrogen) atoms. The third-order valence-electron chi connectivity index (χ3n) is 6.30. The molecule has 4 rings (SSSR count). The number of fused-ring (bicyclic) bond motifs is 1. The van der Waals surface area contributed by atoms with E-state index in [9.17, 15) is 8.42 Å². The standard InChI is InChI=1S/C26H28O4S/c1-17-10-12-21(13-11-17)31(27,28)24-14-18(2)25-22(15-20(29-3)16-23(25)30-4)26(24)19-8-6-5-7-9-19/h5-13,15-16,18,24,26H,14H2,1-4H3/t18-,24+,26+/m1/s1. The zero-order valence-electron chi connectivity index (χ0n) is 18.3. The summed E-state index contributed by atoms with van der Waals surface area (Å²) in [4.78, 5) is 0.370. The van der Waals surface area contributed by atoms with Crippen molar-refractivity contribution < 1.29 is 17.9 Å². The molecule has 1 aliphatic rings. The van der Waals surface area contributed by atoms with E-state index >= 15 is 0 Å². The van der Waals surface area contributed by atoms with Gasteiger partial charge in [0, 0.05) is 17.5 Å². The fourth-order valence-corrected chi connectivity index (χ4v) is 6.83. The summed E-state index contributed by atoms with van der Waals surface area (Å²) in [6.45, 7) is 4.04. The molecule has 0 radical (unpaired) electrons.